The first kappa shape index (κ1) is 21.7. The summed E-state index contributed by atoms with van der Waals surface area (Å²) in [7, 11) is 0. The van der Waals surface area contributed by atoms with E-state index in [0.717, 1.165) is 11.1 Å². The highest BCUT2D eigenvalue weighted by molar-refractivity contribution is 5.97. The van der Waals surface area contributed by atoms with Crippen molar-refractivity contribution in [3.8, 4) is 6.07 Å². The number of carbonyl (C=O) groups excluding carboxylic acids is 1. The van der Waals surface area contributed by atoms with Crippen molar-refractivity contribution in [2.24, 2.45) is 0 Å². The van der Waals surface area contributed by atoms with Gasteiger partial charge in [-0.3, -0.25) is 9.59 Å². The lowest BCUT2D eigenvalue weighted by Crippen LogP contribution is -2.27. The molecule has 0 aliphatic carbocycles. The molecular formula is C23H25N3O3. The first-order valence-corrected chi connectivity index (χ1v) is 9.58. The van der Waals surface area contributed by atoms with Gasteiger partial charge in [-0.1, -0.05) is 67.1 Å². The maximum absolute atomic E-state index is 12.3. The van der Waals surface area contributed by atoms with Crippen LogP contribution in [0, 0.1) is 11.3 Å². The molecule has 0 heterocycles. The molecule has 2 rings (SSSR count). The summed E-state index contributed by atoms with van der Waals surface area (Å²) in [6, 6.07) is 21.3. The van der Waals surface area contributed by atoms with Gasteiger partial charge in [0.15, 0.2) is 0 Å². The molecule has 0 saturated carbocycles. The molecule has 0 unspecified atom stereocenters. The standard InChI is InChI=1S/C23H25N3O3/c24-16-20(23(29)25-15-9-3-8-14-21(27)28)17-26-22(18-10-4-1-5-11-18)19-12-6-2-7-13-19/h1-2,4-7,10-13,17,22,26H,3,8-9,14-15H2,(H,25,29)(H,27,28)/b20-17-. The summed E-state index contributed by atoms with van der Waals surface area (Å²) in [5.74, 6) is -1.26. The highest BCUT2D eigenvalue weighted by Crippen LogP contribution is 2.21. The lowest BCUT2D eigenvalue weighted by Gasteiger charge is -2.19. The van der Waals surface area contributed by atoms with Crippen molar-refractivity contribution in [3.05, 3.63) is 83.6 Å². The average Bonchev–Trinajstić information content (AvgIpc) is 2.74. The second-order valence-electron chi connectivity index (χ2n) is 6.55. The van der Waals surface area contributed by atoms with E-state index in [4.69, 9.17) is 5.11 Å². The van der Waals surface area contributed by atoms with Crippen molar-refractivity contribution in [2.75, 3.05) is 6.54 Å². The van der Waals surface area contributed by atoms with Gasteiger partial charge in [-0.25, -0.2) is 0 Å². The molecule has 0 aromatic heterocycles. The fraction of sp³-hybridized carbons (Fsp3) is 0.261. The van der Waals surface area contributed by atoms with Crippen LogP contribution in [-0.4, -0.2) is 23.5 Å². The van der Waals surface area contributed by atoms with Crippen LogP contribution >= 0.6 is 0 Å². The summed E-state index contributed by atoms with van der Waals surface area (Å²) in [4.78, 5) is 22.7. The summed E-state index contributed by atoms with van der Waals surface area (Å²) >= 11 is 0. The fourth-order valence-electron chi connectivity index (χ4n) is 2.87. The number of unbranched alkanes of at least 4 members (excludes halogenated alkanes) is 2. The number of aliphatic carboxylic acids is 1. The zero-order valence-electron chi connectivity index (χ0n) is 16.2. The summed E-state index contributed by atoms with van der Waals surface area (Å²) in [6.45, 7) is 0.401. The Kier molecular flexibility index (Phi) is 8.97. The molecule has 2 aromatic rings. The number of nitrogens with one attached hydrogen (secondary N) is 2. The molecule has 150 valence electrons. The van der Waals surface area contributed by atoms with Crippen LogP contribution in [0.25, 0.3) is 0 Å². The third-order valence-corrected chi connectivity index (χ3v) is 4.38. The first-order valence-electron chi connectivity index (χ1n) is 9.58. The zero-order chi connectivity index (χ0) is 20.9. The highest BCUT2D eigenvalue weighted by Gasteiger charge is 2.14. The number of nitrogens with zero attached hydrogens (tertiary/aromatic N) is 1. The molecule has 0 atom stereocenters. The molecule has 3 N–H and O–H groups in total. The number of hydrogen-bond donors (Lipinski definition) is 3. The molecule has 6 heteroatoms. The maximum atomic E-state index is 12.3. The van der Waals surface area contributed by atoms with Crippen LogP contribution in [0.5, 0.6) is 0 Å². The number of carbonyl (C=O) groups is 2. The van der Waals surface area contributed by atoms with E-state index in [1.54, 1.807) is 0 Å². The number of benzene rings is 2. The van der Waals surface area contributed by atoms with E-state index in [2.05, 4.69) is 10.6 Å². The van der Waals surface area contributed by atoms with Crippen LogP contribution in [0.2, 0.25) is 0 Å². The molecule has 6 nitrogen and oxygen atoms in total. The van der Waals surface area contributed by atoms with Crippen LogP contribution in [0.15, 0.2) is 72.4 Å². The SMILES string of the molecule is N#C/C(=C/NC(c1ccccc1)c1ccccc1)C(=O)NCCCCCC(=O)O. The van der Waals surface area contributed by atoms with E-state index in [0.29, 0.717) is 25.8 Å². The maximum Gasteiger partial charge on any atom is 0.303 e. The van der Waals surface area contributed by atoms with Gasteiger partial charge < -0.3 is 15.7 Å². The number of hydrogen-bond acceptors (Lipinski definition) is 4. The van der Waals surface area contributed by atoms with Crippen molar-refractivity contribution in [2.45, 2.75) is 31.7 Å². The number of rotatable bonds is 11. The van der Waals surface area contributed by atoms with Crippen LogP contribution < -0.4 is 10.6 Å². The van der Waals surface area contributed by atoms with Crippen molar-refractivity contribution >= 4 is 11.9 Å². The summed E-state index contributed by atoms with van der Waals surface area (Å²) in [5.41, 5.74) is 2.03. The van der Waals surface area contributed by atoms with Crippen LogP contribution in [0.1, 0.15) is 42.9 Å². The Bertz CT molecular complexity index is 818. The quantitative estimate of drug-likeness (QED) is 0.309. The van der Waals surface area contributed by atoms with Crippen molar-refractivity contribution in [1.82, 2.24) is 10.6 Å². The summed E-state index contributed by atoms with van der Waals surface area (Å²) in [6.07, 6.45) is 3.53. The van der Waals surface area contributed by atoms with E-state index >= 15 is 0 Å². The van der Waals surface area contributed by atoms with Gasteiger partial charge in [-0.05, 0) is 24.0 Å². The minimum Gasteiger partial charge on any atom is -0.481 e. The van der Waals surface area contributed by atoms with Gasteiger partial charge in [0.25, 0.3) is 5.91 Å². The van der Waals surface area contributed by atoms with Gasteiger partial charge in [-0.15, -0.1) is 0 Å². The van der Waals surface area contributed by atoms with Gasteiger partial charge in [0, 0.05) is 19.2 Å². The highest BCUT2D eigenvalue weighted by atomic mass is 16.4. The van der Waals surface area contributed by atoms with E-state index in [9.17, 15) is 14.9 Å². The van der Waals surface area contributed by atoms with E-state index in [1.807, 2.05) is 66.7 Å². The lowest BCUT2D eigenvalue weighted by molar-refractivity contribution is -0.137. The molecule has 0 saturated heterocycles. The Labute approximate surface area is 170 Å². The van der Waals surface area contributed by atoms with E-state index in [1.165, 1.54) is 6.20 Å². The van der Waals surface area contributed by atoms with E-state index < -0.39 is 11.9 Å². The number of amides is 1. The molecule has 0 aliphatic heterocycles. The molecular weight excluding hydrogens is 366 g/mol. The predicted molar refractivity (Wildman–Crippen MR) is 111 cm³/mol. The zero-order valence-corrected chi connectivity index (χ0v) is 16.2. The Morgan fingerprint density at radius 2 is 1.55 bits per heavy atom. The predicted octanol–water partition coefficient (Wildman–Crippen LogP) is 3.53. The third-order valence-electron chi connectivity index (χ3n) is 4.38. The van der Waals surface area contributed by atoms with Crippen molar-refractivity contribution < 1.29 is 14.7 Å². The Morgan fingerprint density at radius 3 is 2.07 bits per heavy atom. The fourth-order valence-corrected chi connectivity index (χ4v) is 2.87. The second kappa shape index (κ2) is 12.0. The third kappa shape index (κ3) is 7.51. The monoisotopic (exact) mass is 391 g/mol. The van der Waals surface area contributed by atoms with Gasteiger partial charge in [0.05, 0.1) is 6.04 Å². The summed E-state index contributed by atoms with van der Waals surface area (Å²) < 4.78 is 0. The molecule has 1 amide bonds. The minimum atomic E-state index is -0.818. The van der Waals surface area contributed by atoms with Crippen LogP contribution in [0.4, 0.5) is 0 Å². The van der Waals surface area contributed by atoms with Gasteiger partial charge >= 0.3 is 5.97 Å². The Morgan fingerprint density at radius 1 is 0.966 bits per heavy atom. The first-order chi connectivity index (χ1) is 14.1. The normalized spacial score (nSPS) is 11.0. The van der Waals surface area contributed by atoms with Gasteiger partial charge in [0.2, 0.25) is 0 Å². The molecule has 2 aromatic carbocycles. The smallest absolute Gasteiger partial charge is 0.303 e. The largest absolute Gasteiger partial charge is 0.481 e. The average molecular weight is 391 g/mol. The summed E-state index contributed by atoms with van der Waals surface area (Å²) in [5, 5.41) is 23.9. The lowest BCUT2D eigenvalue weighted by atomic mass is 9.99. The minimum absolute atomic E-state index is 0.00704. The Hall–Kier alpha value is -3.59. The van der Waals surface area contributed by atoms with Crippen molar-refractivity contribution in [3.63, 3.8) is 0 Å². The second-order valence-corrected chi connectivity index (χ2v) is 6.55. The Balaban J connectivity index is 1.98. The molecule has 0 radical (unpaired) electrons. The van der Waals surface area contributed by atoms with Crippen LogP contribution in [-0.2, 0) is 9.59 Å². The molecule has 0 aliphatic rings. The van der Waals surface area contributed by atoms with Crippen LogP contribution in [0.3, 0.4) is 0 Å². The molecule has 0 bridgehead atoms. The number of nitriles is 1. The van der Waals surface area contributed by atoms with Gasteiger partial charge in [0.1, 0.15) is 11.6 Å². The van der Waals surface area contributed by atoms with Crippen molar-refractivity contribution in [1.29, 1.82) is 5.26 Å². The van der Waals surface area contributed by atoms with Gasteiger partial charge in [-0.2, -0.15) is 5.26 Å². The molecule has 29 heavy (non-hydrogen) atoms. The topological polar surface area (TPSA) is 102 Å². The number of carboxylic acid groups (broad SMARTS) is 1. The molecule has 0 fully saturated rings. The number of carboxylic acids is 1. The molecule has 0 spiro atoms. The van der Waals surface area contributed by atoms with E-state index in [-0.39, 0.29) is 18.0 Å².